The maximum Gasteiger partial charge on any atom is 0.323 e. The number of aliphatic carboxylic acids is 1. The summed E-state index contributed by atoms with van der Waals surface area (Å²) in [6.45, 7) is 4.95. The minimum Gasteiger partial charge on any atom is -0.480 e. The van der Waals surface area contributed by atoms with E-state index in [0.717, 1.165) is 56.8 Å². The Kier molecular flexibility index (Phi) is 6.08. The van der Waals surface area contributed by atoms with E-state index in [2.05, 4.69) is 15.2 Å². The molecule has 142 valence electrons. The van der Waals surface area contributed by atoms with E-state index >= 15 is 0 Å². The van der Waals surface area contributed by atoms with Crippen LogP contribution >= 0.6 is 0 Å². The standard InChI is InChI=1S/C19H28N4O3/c1-14-5-4-7-17(21-14)20-11-15-8-10-22(12-15)16-6-2-3-9-23(19(16)26)13-18(24)25/h4-5,7,15-16H,2-3,6,8-13H2,1H3,(H,20,21)(H,24,25). The lowest BCUT2D eigenvalue weighted by atomic mass is 10.1. The lowest BCUT2D eigenvalue weighted by Crippen LogP contribution is -2.48. The van der Waals surface area contributed by atoms with Crippen molar-refractivity contribution in [2.24, 2.45) is 5.92 Å². The zero-order valence-corrected chi connectivity index (χ0v) is 15.4. The molecule has 0 aromatic carbocycles. The van der Waals surface area contributed by atoms with E-state index in [1.54, 1.807) is 0 Å². The Morgan fingerprint density at radius 3 is 2.92 bits per heavy atom. The van der Waals surface area contributed by atoms with Crippen LogP contribution in [0.3, 0.4) is 0 Å². The van der Waals surface area contributed by atoms with Crippen LogP contribution in [0.5, 0.6) is 0 Å². The van der Waals surface area contributed by atoms with Gasteiger partial charge in [0.05, 0.1) is 6.04 Å². The number of hydrogen-bond donors (Lipinski definition) is 2. The van der Waals surface area contributed by atoms with Crippen LogP contribution in [0.2, 0.25) is 0 Å². The van der Waals surface area contributed by atoms with Crippen molar-refractivity contribution in [3.63, 3.8) is 0 Å². The molecule has 0 aliphatic carbocycles. The summed E-state index contributed by atoms with van der Waals surface area (Å²) >= 11 is 0. The third-order valence-electron chi connectivity index (χ3n) is 5.30. The molecule has 2 aliphatic rings. The molecule has 2 N–H and O–H groups in total. The van der Waals surface area contributed by atoms with E-state index in [0.29, 0.717) is 12.5 Å². The van der Waals surface area contributed by atoms with Gasteiger partial charge in [-0.05, 0) is 57.2 Å². The highest BCUT2D eigenvalue weighted by molar-refractivity contribution is 5.85. The minimum atomic E-state index is -0.937. The molecule has 3 heterocycles. The van der Waals surface area contributed by atoms with Gasteiger partial charge in [-0.15, -0.1) is 0 Å². The number of aryl methyl sites for hydroxylation is 1. The summed E-state index contributed by atoms with van der Waals surface area (Å²) in [5.74, 6) is 0.412. The molecule has 1 amide bonds. The second-order valence-corrected chi connectivity index (χ2v) is 7.36. The van der Waals surface area contributed by atoms with Crippen molar-refractivity contribution in [3.05, 3.63) is 23.9 Å². The maximum atomic E-state index is 12.8. The number of carboxylic acid groups (broad SMARTS) is 1. The van der Waals surface area contributed by atoms with E-state index in [1.807, 2.05) is 25.1 Å². The summed E-state index contributed by atoms with van der Waals surface area (Å²) in [7, 11) is 0. The lowest BCUT2D eigenvalue weighted by Gasteiger charge is -2.29. The van der Waals surface area contributed by atoms with Gasteiger partial charge in [0.2, 0.25) is 5.91 Å². The Labute approximate surface area is 154 Å². The Morgan fingerprint density at radius 1 is 1.31 bits per heavy atom. The van der Waals surface area contributed by atoms with Crippen molar-refractivity contribution in [1.82, 2.24) is 14.8 Å². The number of carbonyl (C=O) groups is 2. The van der Waals surface area contributed by atoms with Crippen molar-refractivity contribution in [3.8, 4) is 0 Å². The first-order valence-corrected chi connectivity index (χ1v) is 9.45. The highest BCUT2D eigenvalue weighted by Gasteiger charge is 2.36. The van der Waals surface area contributed by atoms with Gasteiger partial charge in [-0.2, -0.15) is 0 Å². The maximum absolute atomic E-state index is 12.8. The predicted octanol–water partition coefficient (Wildman–Crippen LogP) is 1.59. The molecular formula is C19H28N4O3. The molecule has 7 heteroatoms. The number of hydrogen-bond acceptors (Lipinski definition) is 5. The average molecular weight is 360 g/mol. The first-order chi connectivity index (χ1) is 12.5. The van der Waals surface area contributed by atoms with E-state index in [9.17, 15) is 9.59 Å². The fourth-order valence-electron chi connectivity index (χ4n) is 3.95. The van der Waals surface area contributed by atoms with Gasteiger partial charge in [0, 0.05) is 25.3 Å². The summed E-state index contributed by atoms with van der Waals surface area (Å²) in [6, 6.07) is 5.77. The molecular weight excluding hydrogens is 332 g/mol. The Bertz CT molecular complexity index is 651. The number of nitrogens with zero attached hydrogens (tertiary/aromatic N) is 3. The van der Waals surface area contributed by atoms with Crippen molar-refractivity contribution in [2.45, 2.75) is 38.6 Å². The number of amides is 1. The van der Waals surface area contributed by atoms with E-state index < -0.39 is 5.97 Å². The number of likely N-dealkylation sites (tertiary alicyclic amines) is 2. The molecule has 3 rings (SSSR count). The topological polar surface area (TPSA) is 85.8 Å². The second kappa shape index (κ2) is 8.49. The molecule has 0 saturated carbocycles. The smallest absolute Gasteiger partial charge is 0.323 e. The molecule has 26 heavy (non-hydrogen) atoms. The normalized spacial score (nSPS) is 24.5. The summed E-state index contributed by atoms with van der Waals surface area (Å²) in [4.78, 5) is 32.0. The predicted molar refractivity (Wildman–Crippen MR) is 99.0 cm³/mol. The van der Waals surface area contributed by atoms with Crippen molar-refractivity contribution < 1.29 is 14.7 Å². The summed E-state index contributed by atoms with van der Waals surface area (Å²) in [5, 5.41) is 12.4. The van der Waals surface area contributed by atoms with Gasteiger partial charge in [0.1, 0.15) is 12.4 Å². The van der Waals surface area contributed by atoms with E-state index in [-0.39, 0.29) is 18.5 Å². The van der Waals surface area contributed by atoms with Crippen LogP contribution in [0.1, 0.15) is 31.4 Å². The lowest BCUT2D eigenvalue weighted by molar-refractivity contribution is -0.146. The fourth-order valence-corrected chi connectivity index (χ4v) is 3.95. The van der Waals surface area contributed by atoms with Crippen LogP contribution < -0.4 is 5.32 Å². The molecule has 0 radical (unpaired) electrons. The first-order valence-electron chi connectivity index (χ1n) is 9.45. The van der Waals surface area contributed by atoms with E-state index in [4.69, 9.17) is 5.11 Å². The zero-order valence-electron chi connectivity index (χ0n) is 15.4. The monoisotopic (exact) mass is 360 g/mol. The van der Waals surface area contributed by atoms with Gasteiger partial charge < -0.3 is 15.3 Å². The quantitative estimate of drug-likeness (QED) is 0.801. The molecule has 2 unspecified atom stereocenters. The first kappa shape index (κ1) is 18.6. The number of carboxylic acids is 1. The van der Waals surface area contributed by atoms with Gasteiger partial charge >= 0.3 is 5.97 Å². The van der Waals surface area contributed by atoms with Crippen LogP contribution in [0.25, 0.3) is 0 Å². The largest absolute Gasteiger partial charge is 0.480 e. The number of carbonyl (C=O) groups excluding carboxylic acids is 1. The van der Waals surface area contributed by atoms with Crippen LogP contribution in [0, 0.1) is 12.8 Å². The van der Waals surface area contributed by atoms with Crippen LogP contribution in [0.4, 0.5) is 5.82 Å². The zero-order chi connectivity index (χ0) is 18.5. The SMILES string of the molecule is Cc1cccc(NCC2CCN(C3CCCCN(CC(=O)O)C3=O)C2)n1. The molecule has 2 atom stereocenters. The number of aromatic nitrogens is 1. The molecule has 7 nitrogen and oxygen atoms in total. The second-order valence-electron chi connectivity index (χ2n) is 7.36. The summed E-state index contributed by atoms with van der Waals surface area (Å²) in [6.07, 6.45) is 3.72. The third-order valence-corrected chi connectivity index (χ3v) is 5.30. The number of nitrogens with one attached hydrogen (secondary N) is 1. The molecule has 1 aromatic heterocycles. The minimum absolute atomic E-state index is 0.0149. The van der Waals surface area contributed by atoms with Crippen LogP contribution in [-0.2, 0) is 9.59 Å². The van der Waals surface area contributed by atoms with Gasteiger partial charge in [-0.3, -0.25) is 14.5 Å². The Hall–Kier alpha value is -2.15. The highest BCUT2D eigenvalue weighted by Crippen LogP contribution is 2.24. The van der Waals surface area contributed by atoms with Crippen LogP contribution in [0.15, 0.2) is 18.2 Å². The van der Waals surface area contributed by atoms with Gasteiger partial charge in [-0.1, -0.05) is 6.07 Å². The summed E-state index contributed by atoms with van der Waals surface area (Å²) < 4.78 is 0. The van der Waals surface area contributed by atoms with Crippen molar-refractivity contribution in [2.75, 3.05) is 38.0 Å². The average Bonchev–Trinajstić information content (AvgIpc) is 2.99. The number of rotatable bonds is 6. The number of anilines is 1. The molecule has 0 bridgehead atoms. The number of pyridine rings is 1. The fraction of sp³-hybridized carbons (Fsp3) is 0.632. The van der Waals surface area contributed by atoms with E-state index in [1.165, 1.54) is 4.90 Å². The summed E-state index contributed by atoms with van der Waals surface area (Å²) in [5.41, 5.74) is 0.991. The molecule has 1 aromatic rings. The third kappa shape index (κ3) is 4.72. The molecule has 2 fully saturated rings. The van der Waals surface area contributed by atoms with Gasteiger partial charge in [0.25, 0.3) is 0 Å². The Balaban J connectivity index is 1.55. The Morgan fingerprint density at radius 2 is 2.15 bits per heavy atom. The molecule has 0 spiro atoms. The molecule has 2 aliphatic heterocycles. The van der Waals surface area contributed by atoms with Crippen molar-refractivity contribution in [1.29, 1.82) is 0 Å². The van der Waals surface area contributed by atoms with Crippen molar-refractivity contribution >= 4 is 17.7 Å². The van der Waals surface area contributed by atoms with Gasteiger partial charge in [0.15, 0.2) is 0 Å². The molecule has 2 saturated heterocycles. The van der Waals surface area contributed by atoms with Gasteiger partial charge in [-0.25, -0.2) is 4.98 Å². The highest BCUT2D eigenvalue weighted by atomic mass is 16.4. The van der Waals surface area contributed by atoms with Crippen LogP contribution in [-0.4, -0.2) is 70.5 Å².